The van der Waals surface area contributed by atoms with Crippen LogP contribution in [-0.4, -0.2) is 31.9 Å². The molecule has 35 heavy (non-hydrogen) atoms. The van der Waals surface area contributed by atoms with Crippen molar-refractivity contribution < 1.29 is 14.3 Å². The number of pyridine rings is 2. The first kappa shape index (κ1) is 22.8. The lowest BCUT2D eigenvalue weighted by Gasteiger charge is -2.37. The van der Waals surface area contributed by atoms with Crippen LogP contribution in [0, 0.1) is 12.3 Å². The Morgan fingerprint density at radius 3 is 2.31 bits per heavy atom. The van der Waals surface area contributed by atoms with E-state index < -0.39 is 5.41 Å². The third kappa shape index (κ3) is 4.19. The van der Waals surface area contributed by atoms with Crippen molar-refractivity contribution in [2.45, 2.75) is 33.6 Å². The van der Waals surface area contributed by atoms with Crippen LogP contribution in [0.4, 0.5) is 5.13 Å². The van der Waals surface area contributed by atoms with Gasteiger partial charge < -0.3 is 10.1 Å². The molecule has 176 valence electrons. The van der Waals surface area contributed by atoms with Gasteiger partial charge in [0.15, 0.2) is 5.78 Å². The largest absolute Gasteiger partial charge is 0.420 e. The molecule has 8 nitrogen and oxygen atoms in total. The third-order valence-electron chi connectivity index (χ3n) is 6.21. The molecule has 1 aliphatic rings. The molecule has 1 aliphatic heterocycles. The highest BCUT2D eigenvalue weighted by molar-refractivity contribution is 7.13. The number of nitrogens with one attached hydrogen (secondary N) is 1. The van der Waals surface area contributed by atoms with Crippen LogP contribution in [0.5, 0.6) is 11.8 Å². The molecule has 0 saturated heterocycles. The van der Waals surface area contributed by atoms with Gasteiger partial charge in [-0.25, -0.2) is 9.97 Å². The number of nitrogens with zero attached hydrogens (tertiary/aromatic N) is 4. The zero-order valence-electron chi connectivity index (χ0n) is 19.7. The topological polar surface area (TPSA) is 107 Å². The van der Waals surface area contributed by atoms with Gasteiger partial charge in [0.2, 0.25) is 22.8 Å². The Morgan fingerprint density at radius 2 is 1.66 bits per heavy atom. The normalized spacial score (nSPS) is 14.5. The molecule has 5 rings (SSSR count). The second-order valence-electron chi connectivity index (χ2n) is 9.03. The Labute approximate surface area is 206 Å². The van der Waals surface area contributed by atoms with E-state index in [-0.39, 0.29) is 17.6 Å². The summed E-state index contributed by atoms with van der Waals surface area (Å²) in [6.45, 7) is 7.21. The van der Waals surface area contributed by atoms with Crippen molar-refractivity contribution in [3.8, 4) is 23.0 Å². The van der Waals surface area contributed by atoms with Gasteiger partial charge in [0.05, 0.1) is 11.1 Å². The fourth-order valence-electron chi connectivity index (χ4n) is 4.29. The lowest BCUT2D eigenvalue weighted by Crippen LogP contribution is -2.38. The molecular formula is C26H23N5O3S. The molecular weight excluding hydrogens is 462 g/mol. The first-order valence-corrected chi connectivity index (χ1v) is 12.0. The summed E-state index contributed by atoms with van der Waals surface area (Å²) in [5, 5.41) is 11.1. The van der Waals surface area contributed by atoms with Crippen LogP contribution in [0.2, 0.25) is 0 Å². The summed E-state index contributed by atoms with van der Waals surface area (Å²) in [6.07, 6.45) is 0. The number of anilines is 1. The maximum absolute atomic E-state index is 13.4. The first-order valence-electron chi connectivity index (χ1n) is 11.1. The minimum absolute atomic E-state index is 0.00761. The van der Waals surface area contributed by atoms with Crippen LogP contribution < -0.4 is 10.1 Å². The quantitative estimate of drug-likeness (QED) is 0.377. The van der Waals surface area contributed by atoms with Crippen molar-refractivity contribution in [2.75, 3.05) is 5.32 Å². The molecule has 1 atom stereocenters. The van der Waals surface area contributed by atoms with E-state index >= 15 is 0 Å². The van der Waals surface area contributed by atoms with Crippen molar-refractivity contribution in [3.63, 3.8) is 0 Å². The van der Waals surface area contributed by atoms with E-state index in [9.17, 15) is 9.59 Å². The van der Waals surface area contributed by atoms with Gasteiger partial charge in [0.1, 0.15) is 5.51 Å². The van der Waals surface area contributed by atoms with Crippen molar-refractivity contribution in [1.82, 2.24) is 20.2 Å². The number of amides is 1. The maximum Gasteiger partial charge on any atom is 0.232 e. The Hall–Kier alpha value is -3.98. The summed E-state index contributed by atoms with van der Waals surface area (Å²) >= 11 is 1.26. The number of aryl methyl sites for hydroxylation is 1. The predicted molar refractivity (Wildman–Crippen MR) is 133 cm³/mol. The second kappa shape index (κ2) is 8.66. The van der Waals surface area contributed by atoms with Gasteiger partial charge in [0, 0.05) is 33.9 Å². The van der Waals surface area contributed by atoms with Gasteiger partial charge in [-0.3, -0.25) is 9.59 Å². The number of ketones is 1. The zero-order valence-corrected chi connectivity index (χ0v) is 20.5. The number of benzene rings is 1. The molecule has 0 bridgehead atoms. The Kier molecular flexibility index (Phi) is 5.64. The van der Waals surface area contributed by atoms with E-state index in [0.29, 0.717) is 28.1 Å². The Morgan fingerprint density at radius 1 is 0.971 bits per heavy atom. The molecule has 4 heterocycles. The van der Waals surface area contributed by atoms with E-state index in [1.54, 1.807) is 17.6 Å². The zero-order chi connectivity index (χ0) is 24.7. The molecule has 0 aliphatic carbocycles. The van der Waals surface area contributed by atoms with Gasteiger partial charge >= 0.3 is 0 Å². The number of ether oxygens (including phenoxy) is 1. The molecule has 1 unspecified atom stereocenters. The van der Waals surface area contributed by atoms with E-state index in [0.717, 1.165) is 22.4 Å². The van der Waals surface area contributed by atoms with Crippen molar-refractivity contribution in [2.24, 2.45) is 5.41 Å². The third-order valence-corrected chi connectivity index (χ3v) is 6.82. The number of carbonyl (C=O) groups is 2. The van der Waals surface area contributed by atoms with Gasteiger partial charge in [-0.15, -0.1) is 10.2 Å². The van der Waals surface area contributed by atoms with Gasteiger partial charge in [-0.2, -0.15) is 0 Å². The number of fused-ring (bicyclic) bond motifs is 2. The Bertz CT molecular complexity index is 1430. The SMILES string of the molecule is CC(=O)c1ccc(-c2ccc3c(n2)Oc2nc(C)ccc2C3C(C)(C)C(=O)Nc2nncs2)cc1. The molecule has 0 spiro atoms. The number of carbonyl (C=O) groups excluding carboxylic acids is 2. The van der Waals surface area contributed by atoms with Gasteiger partial charge in [0.25, 0.3) is 0 Å². The van der Waals surface area contributed by atoms with Gasteiger partial charge in [-0.1, -0.05) is 61.6 Å². The monoisotopic (exact) mass is 485 g/mol. The van der Waals surface area contributed by atoms with E-state index in [1.165, 1.54) is 18.3 Å². The number of Topliss-reactive ketones (excluding diaryl/α,β-unsaturated/α-hetero) is 1. The molecule has 4 aromatic rings. The molecule has 9 heteroatoms. The molecule has 0 fully saturated rings. The van der Waals surface area contributed by atoms with Crippen LogP contribution in [0.15, 0.2) is 54.0 Å². The minimum Gasteiger partial charge on any atom is -0.420 e. The van der Waals surface area contributed by atoms with Crippen molar-refractivity contribution in [1.29, 1.82) is 0 Å². The van der Waals surface area contributed by atoms with Crippen LogP contribution in [-0.2, 0) is 4.79 Å². The summed E-state index contributed by atoms with van der Waals surface area (Å²) in [4.78, 5) is 34.4. The highest BCUT2D eigenvalue weighted by Crippen LogP contribution is 2.51. The van der Waals surface area contributed by atoms with Crippen molar-refractivity contribution >= 4 is 28.2 Å². The van der Waals surface area contributed by atoms with E-state index in [2.05, 4.69) is 20.5 Å². The average molecular weight is 486 g/mol. The molecule has 1 amide bonds. The second-order valence-corrected chi connectivity index (χ2v) is 9.86. The fraction of sp³-hybridized carbons (Fsp3) is 0.231. The van der Waals surface area contributed by atoms with E-state index in [1.807, 2.05) is 57.2 Å². The number of rotatable bonds is 5. The predicted octanol–water partition coefficient (Wildman–Crippen LogP) is 5.41. The van der Waals surface area contributed by atoms with Crippen molar-refractivity contribution in [3.05, 3.63) is 76.4 Å². The summed E-state index contributed by atoms with van der Waals surface area (Å²) in [6, 6.07) is 15.0. The summed E-state index contributed by atoms with van der Waals surface area (Å²) in [5.74, 6) is 0.307. The number of hydrogen-bond acceptors (Lipinski definition) is 8. The lowest BCUT2D eigenvalue weighted by molar-refractivity contribution is -0.124. The minimum atomic E-state index is -0.887. The highest BCUT2D eigenvalue weighted by Gasteiger charge is 2.45. The average Bonchev–Trinajstić information content (AvgIpc) is 3.35. The van der Waals surface area contributed by atoms with Crippen LogP contribution in [0.1, 0.15) is 53.9 Å². The number of aromatic nitrogens is 4. The van der Waals surface area contributed by atoms with Crippen LogP contribution in [0.3, 0.4) is 0 Å². The standard InChI is InChI=1S/C26H23N5O3S/c1-14-5-10-18-21(26(3,4)24(33)30-25-31-27-13-35-25)19-11-12-20(29-23(19)34-22(18)28-14)17-8-6-16(7-9-17)15(2)32/h5-13,21H,1-4H3,(H,30,31,33). The summed E-state index contributed by atoms with van der Waals surface area (Å²) in [5.41, 5.74) is 5.30. The molecule has 0 saturated carbocycles. The molecule has 0 radical (unpaired) electrons. The Balaban J connectivity index is 1.58. The summed E-state index contributed by atoms with van der Waals surface area (Å²) < 4.78 is 6.17. The van der Waals surface area contributed by atoms with Gasteiger partial charge in [-0.05, 0) is 26.0 Å². The smallest absolute Gasteiger partial charge is 0.232 e. The molecule has 1 N–H and O–H groups in total. The highest BCUT2D eigenvalue weighted by atomic mass is 32.1. The molecule has 3 aromatic heterocycles. The first-order chi connectivity index (χ1) is 16.7. The van der Waals surface area contributed by atoms with E-state index in [4.69, 9.17) is 9.72 Å². The van der Waals surface area contributed by atoms with Crippen LogP contribution >= 0.6 is 11.3 Å². The number of hydrogen-bond donors (Lipinski definition) is 1. The summed E-state index contributed by atoms with van der Waals surface area (Å²) in [7, 11) is 0. The fourth-order valence-corrected chi connectivity index (χ4v) is 4.73. The maximum atomic E-state index is 13.4. The van der Waals surface area contributed by atoms with Crippen LogP contribution in [0.25, 0.3) is 11.3 Å². The molecule has 1 aromatic carbocycles. The lowest BCUT2D eigenvalue weighted by atomic mass is 9.70.